The third-order valence-electron chi connectivity index (χ3n) is 3.47. The van der Waals surface area contributed by atoms with E-state index in [0.29, 0.717) is 12.8 Å². The van der Waals surface area contributed by atoms with Gasteiger partial charge >= 0.3 is 0 Å². The minimum atomic E-state index is -0.148. The van der Waals surface area contributed by atoms with Gasteiger partial charge in [0, 0.05) is 12.8 Å². The summed E-state index contributed by atoms with van der Waals surface area (Å²) in [6.07, 6.45) is 0.748. The number of benzene rings is 3. The predicted molar refractivity (Wildman–Crippen MR) is 83.8 cm³/mol. The van der Waals surface area contributed by atoms with Crippen molar-refractivity contribution in [1.82, 2.24) is 5.32 Å². The monoisotopic (exact) mass is 277 g/mol. The number of nitrogens with one attached hydrogen (secondary N) is 1. The number of carbonyl (C=O) groups is 2. The van der Waals surface area contributed by atoms with Crippen LogP contribution in [0.15, 0.2) is 60.7 Å². The maximum Gasteiger partial charge on any atom is 0.227 e. The molecule has 104 valence electrons. The van der Waals surface area contributed by atoms with E-state index >= 15 is 0 Å². The van der Waals surface area contributed by atoms with E-state index < -0.39 is 0 Å². The van der Waals surface area contributed by atoms with Crippen molar-refractivity contribution in [3.05, 3.63) is 60.7 Å². The molecule has 0 aliphatic carbocycles. The molecule has 0 saturated carbocycles. The van der Waals surface area contributed by atoms with Gasteiger partial charge in [-0.05, 0) is 33.7 Å². The molecule has 1 saturated heterocycles. The summed E-state index contributed by atoms with van der Waals surface area (Å²) >= 11 is 0. The fourth-order valence-corrected chi connectivity index (χ4v) is 2.39. The van der Waals surface area contributed by atoms with E-state index in [1.165, 1.54) is 21.5 Å². The molecule has 1 aliphatic heterocycles. The molecule has 0 unspecified atom stereocenters. The van der Waals surface area contributed by atoms with E-state index in [1.807, 2.05) is 0 Å². The number of fused-ring (bicyclic) bond motifs is 2. The van der Waals surface area contributed by atoms with Crippen molar-refractivity contribution in [1.29, 1.82) is 0 Å². The van der Waals surface area contributed by atoms with Gasteiger partial charge in [0.2, 0.25) is 11.8 Å². The van der Waals surface area contributed by atoms with Crippen LogP contribution < -0.4 is 5.32 Å². The molecular formula is C18H15NO2. The molecule has 0 bridgehead atoms. The molecule has 3 heteroatoms. The fourth-order valence-electron chi connectivity index (χ4n) is 2.39. The molecule has 0 atom stereocenters. The Kier molecular flexibility index (Phi) is 3.65. The molecule has 4 rings (SSSR count). The lowest BCUT2D eigenvalue weighted by atomic mass is 10.0. The summed E-state index contributed by atoms with van der Waals surface area (Å²) in [6.45, 7) is 0. The molecule has 0 spiro atoms. The predicted octanol–water partition coefficient (Wildman–Crippen LogP) is 3.42. The van der Waals surface area contributed by atoms with Gasteiger partial charge in [0.1, 0.15) is 0 Å². The fraction of sp³-hybridized carbons (Fsp3) is 0.111. The molecule has 3 nitrogen and oxygen atoms in total. The Morgan fingerprint density at radius 1 is 0.619 bits per heavy atom. The molecule has 1 fully saturated rings. The number of hydrogen-bond donors (Lipinski definition) is 1. The summed E-state index contributed by atoms with van der Waals surface area (Å²) in [4.78, 5) is 20.2. The number of amides is 2. The van der Waals surface area contributed by atoms with E-state index in [-0.39, 0.29) is 11.8 Å². The maximum atomic E-state index is 10.1. The van der Waals surface area contributed by atoms with E-state index in [2.05, 4.69) is 66.0 Å². The zero-order chi connectivity index (χ0) is 14.7. The first-order valence-electron chi connectivity index (χ1n) is 6.92. The summed E-state index contributed by atoms with van der Waals surface area (Å²) < 4.78 is 0. The van der Waals surface area contributed by atoms with Crippen molar-refractivity contribution >= 4 is 33.4 Å². The topological polar surface area (TPSA) is 46.2 Å². The van der Waals surface area contributed by atoms with E-state index in [1.54, 1.807) is 0 Å². The zero-order valence-electron chi connectivity index (χ0n) is 11.5. The molecule has 0 aromatic heterocycles. The molecule has 1 aliphatic rings. The van der Waals surface area contributed by atoms with Crippen molar-refractivity contribution < 1.29 is 9.59 Å². The highest BCUT2D eigenvalue weighted by Crippen LogP contribution is 2.21. The van der Waals surface area contributed by atoms with Gasteiger partial charge in [-0.1, -0.05) is 48.5 Å². The first-order valence-corrected chi connectivity index (χ1v) is 6.92. The lowest BCUT2D eigenvalue weighted by Crippen LogP contribution is -2.18. The Morgan fingerprint density at radius 3 is 1.19 bits per heavy atom. The molecule has 0 radical (unpaired) electrons. The van der Waals surface area contributed by atoms with Gasteiger partial charge < -0.3 is 0 Å². The number of hydrogen-bond acceptors (Lipinski definition) is 2. The third kappa shape index (κ3) is 3.08. The first-order chi connectivity index (χ1) is 10.2. The van der Waals surface area contributed by atoms with Gasteiger partial charge in [-0.2, -0.15) is 0 Å². The molecule has 3 aromatic rings. The summed E-state index contributed by atoms with van der Waals surface area (Å²) in [7, 11) is 0. The van der Waals surface area contributed by atoms with Crippen molar-refractivity contribution in [3.8, 4) is 0 Å². The van der Waals surface area contributed by atoms with E-state index in [4.69, 9.17) is 0 Å². The van der Waals surface area contributed by atoms with Crippen molar-refractivity contribution in [2.45, 2.75) is 12.8 Å². The van der Waals surface area contributed by atoms with Gasteiger partial charge in [-0.25, -0.2) is 0 Å². The Bertz CT molecular complexity index is 704. The van der Waals surface area contributed by atoms with Crippen LogP contribution in [0.4, 0.5) is 0 Å². The van der Waals surface area contributed by atoms with Crippen molar-refractivity contribution in [2.75, 3.05) is 0 Å². The maximum absolute atomic E-state index is 10.1. The second-order valence-electron chi connectivity index (χ2n) is 5.02. The van der Waals surface area contributed by atoms with Crippen LogP contribution in [0, 0.1) is 0 Å². The lowest BCUT2D eigenvalue weighted by Gasteiger charge is -2.00. The second kappa shape index (κ2) is 5.75. The first kappa shape index (κ1) is 13.3. The number of imide groups is 1. The van der Waals surface area contributed by atoms with Crippen molar-refractivity contribution in [3.63, 3.8) is 0 Å². The standard InChI is InChI=1S/C14H10.C4H5NO2/c1-2-6-12-10-14-8-4-3-7-13(14)9-11(12)5-1;6-3-1-2-4(7)5-3/h1-10H;1-2H2,(H,5,6,7). The van der Waals surface area contributed by atoms with Crippen LogP contribution in [-0.2, 0) is 9.59 Å². The third-order valence-corrected chi connectivity index (χ3v) is 3.47. The minimum Gasteiger partial charge on any atom is -0.296 e. The minimum absolute atomic E-state index is 0.148. The molecule has 21 heavy (non-hydrogen) atoms. The average molecular weight is 277 g/mol. The smallest absolute Gasteiger partial charge is 0.227 e. The lowest BCUT2D eigenvalue weighted by molar-refractivity contribution is -0.124. The van der Waals surface area contributed by atoms with E-state index in [0.717, 1.165) is 0 Å². The summed E-state index contributed by atoms with van der Waals surface area (Å²) in [5.41, 5.74) is 0. The van der Waals surface area contributed by atoms with Crippen LogP contribution in [-0.4, -0.2) is 11.8 Å². The van der Waals surface area contributed by atoms with Gasteiger partial charge in [-0.3, -0.25) is 14.9 Å². The second-order valence-corrected chi connectivity index (χ2v) is 5.02. The quantitative estimate of drug-likeness (QED) is 0.505. The van der Waals surface area contributed by atoms with Crippen LogP contribution in [0.3, 0.4) is 0 Å². The van der Waals surface area contributed by atoms with Gasteiger partial charge in [0.25, 0.3) is 0 Å². The van der Waals surface area contributed by atoms with E-state index in [9.17, 15) is 9.59 Å². The van der Waals surface area contributed by atoms with Gasteiger partial charge in [0.15, 0.2) is 0 Å². The Morgan fingerprint density at radius 2 is 0.952 bits per heavy atom. The molecule has 1 heterocycles. The molecule has 1 N–H and O–H groups in total. The Hall–Kier alpha value is -2.68. The normalized spacial score (nSPS) is 13.9. The zero-order valence-corrected chi connectivity index (χ0v) is 11.5. The van der Waals surface area contributed by atoms with Crippen LogP contribution >= 0.6 is 0 Å². The highest BCUT2D eigenvalue weighted by molar-refractivity contribution is 6.01. The highest BCUT2D eigenvalue weighted by atomic mass is 16.2. The summed E-state index contributed by atoms with van der Waals surface area (Å²) in [5.74, 6) is -0.296. The summed E-state index contributed by atoms with van der Waals surface area (Å²) in [5, 5.41) is 7.38. The number of rotatable bonds is 0. The van der Waals surface area contributed by atoms with Crippen LogP contribution in [0.25, 0.3) is 21.5 Å². The molecule has 2 amide bonds. The van der Waals surface area contributed by atoms with Gasteiger partial charge in [-0.15, -0.1) is 0 Å². The molecule has 3 aromatic carbocycles. The van der Waals surface area contributed by atoms with Crippen LogP contribution in [0.5, 0.6) is 0 Å². The Balaban J connectivity index is 0.000000160. The van der Waals surface area contributed by atoms with Crippen molar-refractivity contribution in [2.24, 2.45) is 0 Å². The highest BCUT2D eigenvalue weighted by Gasteiger charge is 2.15. The van der Waals surface area contributed by atoms with Gasteiger partial charge in [0.05, 0.1) is 0 Å². The Labute approximate surface area is 122 Å². The molecular weight excluding hydrogens is 262 g/mol. The number of carbonyl (C=O) groups excluding carboxylic acids is 2. The SMILES string of the molecule is O=C1CCC(=O)N1.c1ccc2cc3ccccc3cc2c1. The summed E-state index contributed by atoms with van der Waals surface area (Å²) in [6, 6.07) is 21.4. The van der Waals surface area contributed by atoms with Crippen LogP contribution in [0.2, 0.25) is 0 Å². The van der Waals surface area contributed by atoms with Crippen LogP contribution in [0.1, 0.15) is 12.8 Å². The largest absolute Gasteiger partial charge is 0.296 e. The average Bonchev–Trinajstić information content (AvgIpc) is 2.89.